The molecule has 0 saturated carbocycles. The molecule has 0 amide bonds. The fourth-order valence-electron chi connectivity index (χ4n) is 1.65. The second-order valence-electron chi connectivity index (χ2n) is 4.16. The number of nitrogens with two attached hydrogens (primary N) is 1. The number of esters is 1. The van der Waals surface area contributed by atoms with Crippen LogP contribution >= 0.6 is 11.6 Å². The first-order valence-electron chi connectivity index (χ1n) is 5.95. The molecule has 0 aliphatic carbocycles. The molecule has 104 valence electrons. The molecule has 0 unspecified atom stereocenters. The maximum atomic E-state index is 11.9. The minimum Gasteiger partial charge on any atom is -0.495 e. The van der Waals surface area contributed by atoms with Crippen molar-refractivity contribution in [3.05, 3.63) is 58.6 Å². The summed E-state index contributed by atoms with van der Waals surface area (Å²) >= 11 is 5.78. The van der Waals surface area contributed by atoms with Crippen LogP contribution in [0.4, 0.5) is 5.69 Å². The summed E-state index contributed by atoms with van der Waals surface area (Å²) in [4.78, 5) is 11.9. The molecule has 2 rings (SSSR count). The van der Waals surface area contributed by atoms with Crippen molar-refractivity contribution in [2.75, 3.05) is 12.8 Å². The summed E-state index contributed by atoms with van der Waals surface area (Å²) in [6.45, 7) is 0.183. The fraction of sp³-hybridized carbons (Fsp3) is 0.133. The van der Waals surface area contributed by atoms with Crippen molar-refractivity contribution in [2.45, 2.75) is 6.61 Å². The lowest BCUT2D eigenvalue weighted by atomic mass is 10.2. The minimum atomic E-state index is -0.432. The van der Waals surface area contributed by atoms with E-state index < -0.39 is 5.97 Å². The highest BCUT2D eigenvalue weighted by molar-refractivity contribution is 6.30. The van der Waals surface area contributed by atoms with E-state index in [9.17, 15) is 4.79 Å². The van der Waals surface area contributed by atoms with Gasteiger partial charge in [-0.2, -0.15) is 0 Å². The third kappa shape index (κ3) is 3.42. The number of halogens is 1. The Labute approximate surface area is 122 Å². The standard InChI is InChI=1S/C15H14ClNO3/c1-19-14-8-11(4-7-13(14)17)15(18)20-9-10-2-5-12(16)6-3-10/h2-8H,9,17H2,1H3. The molecule has 5 heteroatoms. The minimum absolute atomic E-state index is 0.183. The largest absolute Gasteiger partial charge is 0.495 e. The molecule has 0 aliphatic heterocycles. The van der Waals surface area contributed by atoms with Crippen molar-refractivity contribution in [1.29, 1.82) is 0 Å². The van der Waals surface area contributed by atoms with Crippen LogP contribution in [0.1, 0.15) is 15.9 Å². The Bertz CT molecular complexity index is 611. The first kappa shape index (κ1) is 14.2. The van der Waals surface area contributed by atoms with Gasteiger partial charge in [-0.05, 0) is 35.9 Å². The first-order chi connectivity index (χ1) is 9.60. The summed E-state index contributed by atoms with van der Waals surface area (Å²) in [5.74, 6) is 0.0178. The zero-order valence-corrected chi connectivity index (χ0v) is 11.7. The Morgan fingerprint density at radius 2 is 1.90 bits per heavy atom. The Hall–Kier alpha value is -2.20. The predicted molar refractivity (Wildman–Crippen MR) is 78.0 cm³/mol. The van der Waals surface area contributed by atoms with Crippen LogP contribution in [-0.2, 0) is 11.3 Å². The lowest BCUT2D eigenvalue weighted by Crippen LogP contribution is -2.06. The van der Waals surface area contributed by atoms with Crippen molar-refractivity contribution in [3.63, 3.8) is 0 Å². The summed E-state index contributed by atoms with van der Waals surface area (Å²) in [6, 6.07) is 11.9. The Kier molecular flexibility index (Phi) is 4.48. The van der Waals surface area contributed by atoms with Crippen LogP contribution in [0.15, 0.2) is 42.5 Å². The predicted octanol–water partition coefficient (Wildman–Crippen LogP) is 3.29. The number of carbonyl (C=O) groups is 1. The maximum absolute atomic E-state index is 11.9. The molecule has 0 aliphatic rings. The molecule has 0 radical (unpaired) electrons. The SMILES string of the molecule is COc1cc(C(=O)OCc2ccc(Cl)cc2)ccc1N. The topological polar surface area (TPSA) is 61.5 Å². The van der Waals surface area contributed by atoms with E-state index in [1.165, 1.54) is 7.11 Å². The van der Waals surface area contributed by atoms with Gasteiger partial charge in [-0.25, -0.2) is 4.79 Å². The van der Waals surface area contributed by atoms with Gasteiger partial charge in [0.05, 0.1) is 18.4 Å². The maximum Gasteiger partial charge on any atom is 0.338 e. The monoisotopic (exact) mass is 291 g/mol. The van der Waals surface area contributed by atoms with Crippen molar-refractivity contribution < 1.29 is 14.3 Å². The zero-order chi connectivity index (χ0) is 14.5. The number of ether oxygens (including phenoxy) is 2. The van der Waals surface area contributed by atoms with Gasteiger partial charge in [0.2, 0.25) is 0 Å². The van der Waals surface area contributed by atoms with Gasteiger partial charge in [0, 0.05) is 5.02 Å². The van der Waals surface area contributed by atoms with E-state index in [4.69, 9.17) is 26.8 Å². The summed E-state index contributed by atoms with van der Waals surface area (Å²) in [6.07, 6.45) is 0. The molecule has 2 aromatic carbocycles. The highest BCUT2D eigenvalue weighted by Gasteiger charge is 2.10. The Balaban J connectivity index is 2.03. The van der Waals surface area contributed by atoms with Crippen LogP contribution in [0.3, 0.4) is 0 Å². The van der Waals surface area contributed by atoms with E-state index in [1.54, 1.807) is 42.5 Å². The van der Waals surface area contributed by atoms with E-state index >= 15 is 0 Å². The van der Waals surface area contributed by atoms with Gasteiger partial charge in [-0.1, -0.05) is 23.7 Å². The van der Waals surface area contributed by atoms with E-state index in [-0.39, 0.29) is 6.61 Å². The second-order valence-corrected chi connectivity index (χ2v) is 4.60. The van der Waals surface area contributed by atoms with Crippen LogP contribution in [0.25, 0.3) is 0 Å². The average Bonchev–Trinajstić information content (AvgIpc) is 2.47. The van der Waals surface area contributed by atoms with Crippen LogP contribution in [-0.4, -0.2) is 13.1 Å². The average molecular weight is 292 g/mol. The second kappa shape index (κ2) is 6.30. The van der Waals surface area contributed by atoms with E-state index in [0.29, 0.717) is 22.0 Å². The molecule has 2 N–H and O–H groups in total. The number of hydrogen-bond donors (Lipinski definition) is 1. The molecule has 0 spiro atoms. The highest BCUT2D eigenvalue weighted by Crippen LogP contribution is 2.22. The summed E-state index contributed by atoms with van der Waals surface area (Å²) in [5.41, 5.74) is 7.42. The summed E-state index contributed by atoms with van der Waals surface area (Å²) in [7, 11) is 1.49. The number of nitrogen functional groups attached to an aromatic ring is 1. The van der Waals surface area contributed by atoms with Crippen molar-refractivity contribution >= 4 is 23.3 Å². The van der Waals surface area contributed by atoms with Gasteiger partial charge < -0.3 is 15.2 Å². The lowest BCUT2D eigenvalue weighted by molar-refractivity contribution is 0.0472. The van der Waals surface area contributed by atoms with Gasteiger partial charge >= 0.3 is 5.97 Å². The number of rotatable bonds is 4. The van der Waals surface area contributed by atoms with Crippen molar-refractivity contribution in [1.82, 2.24) is 0 Å². The van der Waals surface area contributed by atoms with E-state index in [1.807, 2.05) is 0 Å². The molecule has 0 saturated heterocycles. The zero-order valence-electron chi connectivity index (χ0n) is 10.9. The molecular formula is C15H14ClNO3. The van der Waals surface area contributed by atoms with Gasteiger partial charge in [-0.3, -0.25) is 0 Å². The number of hydrogen-bond acceptors (Lipinski definition) is 4. The van der Waals surface area contributed by atoms with Gasteiger partial charge in [0.15, 0.2) is 0 Å². The molecule has 0 atom stereocenters. The van der Waals surface area contributed by atoms with Crippen LogP contribution in [0.2, 0.25) is 5.02 Å². The number of benzene rings is 2. The molecule has 0 heterocycles. The van der Waals surface area contributed by atoms with Gasteiger partial charge in [0.25, 0.3) is 0 Å². The van der Waals surface area contributed by atoms with Gasteiger partial charge in [-0.15, -0.1) is 0 Å². The quantitative estimate of drug-likeness (QED) is 0.693. The van der Waals surface area contributed by atoms with E-state index in [2.05, 4.69) is 0 Å². The molecular weight excluding hydrogens is 278 g/mol. The molecule has 0 aromatic heterocycles. The Morgan fingerprint density at radius 1 is 1.20 bits per heavy atom. The number of anilines is 1. The van der Waals surface area contributed by atoms with Crippen LogP contribution in [0, 0.1) is 0 Å². The molecule has 0 fully saturated rings. The van der Waals surface area contributed by atoms with Crippen LogP contribution < -0.4 is 10.5 Å². The molecule has 4 nitrogen and oxygen atoms in total. The Morgan fingerprint density at radius 3 is 2.55 bits per heavy atom. The summed E-state index contributed by atoms with van der Waals surface area (Å²) < 4.78 is 10.3. The van der Waals surface area contributed by atoms with Crippen LogP contribution in [0.5, 0.6) is 5.75 Å². The smallest absolute Gasteiger partial charge is 0.338 e. The first-order valence-corrected chi connectivity index (χ1v) is 6.33. The molecule has 2 aromatic rings. The summed E-state index contributed by atoms with van der Waals surface area (Å²) in [5, 5.41) is 0.642. The number of methoxy groups -OCH3 is 1. The third-order valence-corrected chi connectivity index (χ3v) is 3.00. The van der Waals surface area contributed by atoms with Crippen molar-refractivity contribution in [3.8, 4) is 5.75 Å². The van der Waals surface area contributed by atoms with Gasteiger partial charge in [0.1, 0.15) is 12.4 Å². The number of carbonyl (C=O) groups excluding carboxylic acids is 1. The van der Waals surface area contributed by atoms with Crippen molar-refractivity contribution in [2.24, 2.45) is 0 Å². The van der Waals surface area contributed by atoms with E-state index in [0.717, 1.165) is 5.56 Å². The highest BCUT2D eigenvalue weighted by atomic mass is 35.5. The molecule has 0 bridgehead atoms. The normalized spacial score (nSPS) is 10.1. The fourth-order valence-corrected chi connectivity index (χ4v) is 1.78. The lowest BCUT2D eigenvalue weighted by Gasteiger charge is -2.08. The third-order valence-electron chi connectivity index (χ3n) is 2.75. The molecule has 20 heavy (non-hydrogen) atoms.